The van der Waals surface area contributed by atoms with Crippen molar-refractivity contribution in [1.82, 2.24) is 4.57 Å². The van der Waals surface area contributed by atoms with Crippen molar-refractivity contribution >= 4 is 71.3 Å². The molecule has 52 heavy (non-hydrogen) atoms. The molecule has 258 valence electrons. The number of rotatable bonds is 5. The predicted octanol–water partition coefficient (Wildman–Crippen LogP) is 9.14. The Labute approximate surface area is 332 Å². The Balaban J connectivity index is 0.000000192. The molecule has 0 atom stereocenters. The second kappa shape index (κ2) is 15.3. The third-order valence-electron chi connectivity index (χ3n) is 8.51. The topological polar surface area (TPSA) is 76.4 Å². The SMILES string of the molecule is O=C(c1c(O)c2ccc3c4ccccc4sc3c2n(-c2ccccc2)c1=O)C(F)(F)F.O=P(c1ccccc1)(c1ccccc1)c1ccccc1.[Sm]. The molecule has 11 heteroatoms. The minimum absolute atomic E-state index is 0. The Kier molecular flexibility index (Phi) is 11.0. The molecule has 0 bridgehead atoms. The number of para-hydroxylation sites is 1. The van der Waals surface area contributed by atoms with E-state index in [0.717, 1.165) is 36.0 Å². The molecular weight excluding hydrogens is 841 g/mol. The second-order valence-corrected chi connectivity index (χ2v) is 15.4. The van der Waals surface area contributed by atoms with E-state index >= 15 is 0 Å². The minimum atomic E-state index is -5.31. The number of Topliss-reactive ketones (excluding diaryl/α,β-unsaturated/α-hetero) is 1. The molecule has 0 amide bonds. The molecule has 8 aromatic rings. The number of aromatic hydroxyl groups is 1. The third kappa shape index (κ3) is 6.78. The van der Waals surface area contributed by atoms with Gasteiger partial charge in [-0.1, -0.05) is 133 Å². The summed E-state index contributed by atoms with van der Waals surface area (Å²) >= 11 is 1.36. The summed E-state index contributed by atoms with van der Waals surface area (Å²) in [5, 5.41) is 15.0. The van der Waals surface area contributed by atoms with Gasteiger partial charge < -0.3 is 9.67 Å². The van der Waals surface area contributed by atoms with Gasteiger partial charge in [-0.05, 0) is 24.3 Å². The van der Waals surface area contributed by atoms with E-state index in [1.54, 1.807) is 36.4 Å². The van der Waals surface area contributed by atoms with E-state index in [1.165, 1.54) is 17.4 Å². The smallest absolute Gasteiger partial charge is 0.455 e. The number of halogens is 3. The molecule has 0 aliphatic rings. The van der Waals surface area contributed by atoms with E-state index in [0.29, 0.717) is 10.4 Å². The molecule has 0 spiro atoms. The Hall–Kier alpha value is -4.42. The van der Waals surface area contributed by atoms with Gasteiger partial charge in [0.2, 0.25) is 0 Å². The molecule has 0 aliphatic heterocycles. The summed E-state index contributed by atoms with van der Waals surface area (Å²) in [4.78, 5) is 25.3. The molecule has 2 heterocycles. The number of aromatic nitrogens is 1. The van der Waals surface area contributed by atoms with E-state index in [2.05, 4.69) is 0 Å². The molecule has 2 aromatic heterocycles. The van der Waals surface area contributed by atoms with Crippen LogP contribution in [-0.2, 0) is 4.57 Å². The molecule has 0 saturated carbocycles. The standard InChI is InChI=1S/C23H12F3NO3S.C18H15OP.Sm/c24-23(25,26)21(29)17-19(28)15-11-10-14-13-8-4-5-9-16(13)31-20(14)18(15)27(22(17)30)12-6-2-1-3-7-12;19-20(16-10-4-1-5-11-16,17-12-6-2-7-13-17)18-14-8-3-9-15-18;/h1-11,28H;1-15H;. The molecule has 5 nitrogen and oxygen atoms in total. The van der Waals surface area contributed by atoms with Crippen molar-refractivity contribution in [3.05, 3.63) is 174 Å². The molecule has 0 fully saturated rings. The van der Waals surface area contributed by atoms with E-state index < -0.39 is 36.0 Å². The van der Waals surface area contributed by atoms with Crippen LogP contribution in [0, 0.1) is 40.4 Å². The number of benzene rings is 6. The van der Waals surface area contributed by atoms with Crippen molar-refractivity contribution in [3.63, 3.8) is 0 Å². The van der Waals surface area contributed by atoms with Crippen molar-refractivity contribution in [2.45, 2.75) is 6.18 Å². The summed E-state index contributed by atoms with van der Waals surface area (Å²) < 4.78 is 56.1. The van der Waals surface area contributed by atoms with Gasteiger partial charge in [-0.15, -0.1) is 11.3 Å². The van der Waals surface area contributed by atoms with Crippen LogP contribution in [0.2, 0.25) is 0 Å². The Morgan fingerprint density at radius 3 is 1.56 bits per heavy atom. The van der Waals surface area contributed by atoms with Crippen LogP contribution >= 0.6 is 18.5 Å². The van der Waals surface area contributed by atoms with Gasteiger partial charge in [0.15, 0.2) is 7.14 Å². The fourth-order valence-corrected chi connectivity index (χ4v) is 10.1. The maximum Gasteiger partial charge on any atom is 0.455 e. The first-order chi connectivity index (χ1) is 24.6. The molecule has 0 saturated heterocycles. The fourth-order valence-electron chi connectivity index (χ4n) is 6.17. The third-order valence-corrected chi connectivity index (χ3v) is 12.8. The molecule has 6 aromatic carbocycles. The number of alkyl halides is 3. The average Bonchev–Trinajstić information content (AvgIpc) is 3.55. The summed E-state index contributed by atoms with van der Waals surface area (Å²) in [7, 11) is -2.78. The van der Waals surface area contributed by atoms with Crippen molar-refractivity contribution < 1.29 is 68.0 Å². The number of fused-ring (bicyclic) bond motifs is 5. The van der Waals surface area contributed by atoms with Crippen LogP contribution in [0.1, 0.15) is 10.4 Å². The first-order valence-corrected chi connectivity index (χ1v) is 18.3. The van der Waals surface area contributed by atoms with Crippen molar-refractivity contribution in [1.29, 1.82) is 0 Å². The van der Waals surface area contributed by atoms with Crippen LogP contribution in [-0.4, -0.2) is 21.6 Å². The van der Waals surface area contributed by atoms with Gasteiger partial charge >= 0.3 is 6.18 Å². The summed E-state index contributed by atoms with van der Waals surface area (Å²) in [5.74, 6) is -3.34. The zero-order chi connectivity index (χ0) is 35.8. The number of carbonyl (C=O) groups excluding carboxylic acids is 1. The zero-order valence-electron chi connectivity index (χ0n) is 27.0. The van der Waals surface area contributed by atoms with Gasteiger partial charge in [0, 0.05) is 82.8 Å². The van der Waals surface area contributed by atoms with Gasteiger partial charge in [-0.3, -0.25) is 14.2 Å². The molecule has 0 aliphatic carbocycles. The van der Waals surface area contributed by atoms with E-state index in [4.69, 9.17) is 0 Å². The van der Waals surface area contributed by atoms with Crippen LogP contribution in [0.5, 0.6) is 5.75 Å². The molecule has 0 radical (unpaired) electrons. The predicted molar refractivity (Wildman–Crippen MR) is 200 cm³/mol. The Morgan fingerprint density at radius 2 is 1.06 bits per heavy atom. The molecule has 0 unspecified atom stereocenters. The maximum atomic E-state index is 13.8. The number of ketones is 1. The Bertz CT molecular complexity index is 2550. The molecule has 8 rings (SSSR count). The van der Waals surface area contributed by atoms with Crippen LogP contribution < -0.4 is 21.5 Å². The summed E-state index contributed by atoms with van der Waals surface area (Å²) in [6.07, 6.45) is -5.31. The summed E-state index contributed by atoms with van der Waals surface area (Å²) in [6, 6.07) is 47.9. The van der Waals surface area contributed by atoms with Crippen LogP contribution in [0.3, 0.4) is 0 Å². The van der Waals surface area contributed by atoms with Crippen LogP contribution in [0.4, 0.5) is 13.2 Å². The van der Waals surface area contributed by atoms with Crippen LogP contribution in [0.15, 0.2) is 163 Å². The van der Waals surface area contributed by atoms with Gasteiger partial charge in [-0.25, -0.2) is 0 Å². The monoisotopic (exact) mass is 869 g/mol. The van der Waals surface area contributed by atoms with Gasteiger partial charge in [0.25, 0.3) is 11.3 Å². The number of hydrogen-bond donors (Lipinski definition) is 1. The summed E-state index contributed by atoms with van der Waals surface area (Å²) in [5.41, 5.74) is -1.96. The number of nitrogens with zero attached hydrogens (tertiary/aromatic N) is 1. The zero-order valence-corrected chi connectivity index (χ0v) is 31.4. The van der Waals surface area contributed by atoms with Crippen molar-refractivity contribution in [2.24, 2.45) is 0 Å². The molecular formula is C41H27F3NO4PSSm. The average molecular weight is 868 g/mol. The van der Waals surface area contributed by atoms with Gasteiger partial charge in [0.05, 0.1) is 10.2 Å². The number of pyridine rings is 1. The number of hydrogen-bond acceptors (Lipinski definition) is 5. The molecule has 1 N–H and O–H groups in total. The largest absolute Gasteiger partial charge is 0.506 e. The Morgan fingerprint density at radius 1 is 0.615 bits per heavy atom. The van der Waals surface area contributed by atoms with Gasteiger partial charge in [-0.2, -0.15) is 13.2 Å². The summed E-state index contributed by atoms with van der Waals surface area (Å²) in [6.45, 7) is 0. The van der Waals surface area contributed by atoms with E-state index in [9.17, 15) is 32.4 Å². The number of carbonyl (C=O) groups is 1. The van der Waals surface area contributed by atoms with Crippen molar-refractivity contribution in [2.75, 3.05) is 0 Å². The fraction of sp³-hybridized carbons (Fsp3) is 0.0244. The first-order valence-electron chi connectivity index (χ1n) is 15.8. The van der Waals surface area contributed by atoms with Crippen LogP contribution in [0.25, 0.3) is 36.8 Å². The quantitative estimate of drug-likeness (QED) is 0.138. The first kappa shape index (κ1) is 37.3. The normalized spacial score (nSPS) is 11.5. The van der Waals surface area contributed by atoms with E-state index in [-0.39, 0.29) is 51.3 Å². The van der Waals surface area contributed by atoms with Crippen molar-refractivity contribution in [3.8, 4) is 11.4 Å². The van der Waals surface area contributed by atoms with Gasteiger partial charge in [0.1, 0.15) is 11.3 Å². The number of thiophene rings is 1. The minimum Gasteiger partial charge on any atom is -0.506 e. The van der Waals surface area contributed by atoms with E-state index in [1.807, 2.05) is 115 Å². The second-order valence-electron chi connectivity index (χ2n) is 11.6. The maximum absolute atomic E-state index is 13.8.